The Bertz CT molecular complexity index is 529. The Hall–Kier alpha value is -1.87. The predicted octanol–water partition coefficient (Wildman–Crippen LogP) is 4.18. The lowest BCUT2D eigenvalue weighted by atomic mass is 10.1. The molecule has 0 aliphatic carbocycles. The van der Waals surface area contributed by atoms with Crippen molar-refractivity contribution in [2.45, 2.75) is 13.3 Å². The number of carbonyl (C=O) groups excluding carboxylic acids is 1. The average Bonchev–Trinajstić information content (AvgIpc) is 2.90. The second-order valence-electron chi connectivity index (χ2n) is 3.86. The third kappa shape index (κ3) is 3.31. The van der Waals surface area contributed by atoms with Crippen molar-refractivity contribution in [3.63, 3.8) is 0 Å². The quantitative estimate of drug-likeness (QED) is 0.818. The summed E-state index contributed by atoms with van der Waals surface area (Å²) in [7, 11) is 0. The molecule has 1 heterocycles. The SMILES string of the molecule is CCC(=Cc1cccs1)C(=O)Nc1ccccc1. The normalized spacial score (nSPS) is 11.3. The molecule has 0 saturated carbocycles. The summed E-state index contributed by atoms with van der Waals surface area (Å²) in [5.74, 6) is -0.0305. The van der Waals surface area contributed by atoms with Crippen LogP contribution in [0, 0.1) is 0 Å². The van der Waals surface area contributed by atoms with Crippen LogP contribution in [-0.2, 0) is 4.79 Å². The van der Waals surface area contributed by atoms with Crippen molar-refractivity contribution < 1.29 is 4.79 Å². The number of hydrogen-bond acceptors (Lipinski definition) is 2. The fourth-order valence-corrected chi connectivity index (χ4v) is 2.29. The molecule has 18 heavy (non-hydrogen) atoms. The Labute approximate surface area is 111 Å². The minimum Gasteiger partial charge on any atom is -0.322 e. The fourth-order valence-electron chi connectivity index (χ4n) is 1.61. The molecular formula is C15H15NOS. The minimum atomic E-state index is -0.0305. The Morgan fingerprint density at radius 3 is 2.61 bits per heavy atom. The van der Waals surface area contributed by atoms with Crippen LogP contribution in [0.15, 0.2) is 53.4 Å². The Balaban J connectivity index is 2.11. The number of para-hydroxylation sites is 1. The maximum atomic E-state index is 12.1. The molecule has 2 nitrogen and oxygen atoms in total. The van der Waals surface area contributed by atoms with E-state index in [1.165, 1.54) is 0 Å². The number of carbonyl (C=O) groups is 1. The van der Waals surface area contributed by atoms with Crippen LogP contribution in [0.3, 0.4) is 0 Å². The summed E-state index contributed by atoms with van der Waals surface area (Å²) in [6, 6.07) is 13.5. The van der Waals surface area contributed by atoms with Gasteiger partial charge >= 0.3 is 0 Å². The summed E-state index contributed by atoms with van der Waals surface area (Å²) >= 11 is 1.63. The molecule has 0 radical (unpaired) electrons. The van der Waals surface area contributed by atoms with Crippen molar-refractivity contribution >= 4 is 29.0 Å². The lowest BCUT2D eigenvalue weighted by Crippen LogP contribution is -2.13. The van der Waals surface area contributed by atoms with Gasteiger partial charge in [-0.2, -0.15) is 0 Å². The fraction of sp³-hybridized carbons (Fsp3) is 0.133. The van der Waals surface area contributed by atoms with Crippen molar-refractivity contribution in [1.29, 1.82) is 0 Å². The third-order valence-electron chi connectivity index (χ3n) is 2.56. The zero-order chi connectivity index (χ0) is 12.8. The standard InChI is InChI=1S/C15H15NOS/c1-2-12(11-14-9-6-10-18-14)15(17)16-13-7-4-3-5-8-13/h3-11H,2H2,1H3,(H,16,17). The molecule has 0 aliphatic rings. The number of nitrogens with one attached hydrogen (secondary N) is 1. The highest BCUT2D eigenvalue weighted by molar-refractivity contribution is 7.10. The maximum Gasteiger partial charge on any atom is 0.251 e. The van der Waals surface area contributed by atoms with Crippen LogP contribution >= 0.6 is 11.3 Å². The number of hydrogen-bond donors (Lipinski definition) is 1. The molecule has 0 spiro atoms. The smallest absolute Gasteiger partial charge is 0.251 e. The van der Waals surface area contributed by atoms with Crippen LogP contribution in [0.1, 0.15) is 18.2 Å². The highest BCUT2D eigenvalue weighted by Crippen LogP contribution is 2.16. The van der Waals surface area contributed by atoms with Crippen LogP contribution in [0.5, 0.6) is 0 Å². The molecule has 3 heteroatoms. The van der Waals surface area contributed by atoms with Gasteiger partial charge in [-0.05, 0) is 36.1 Å². The average molecular weight is 257 g/mol. The highest BCUT2D eigenvalue weighted by atomic mass is 32.1. The first-order chi connectivity index (χ1) is 8.79. The topological polar surface area (TPSA) is 29.1 Å². The van der Waals surface area contributed by atoms with E-state index in [1.54, 1.807) is 11.3 Å². The molecule has 1 N–H and O–H groups in total. The molecule has 0 atom stereocenters. The summed E-state index contributed by atoms with van der Waals surface area (Å²) in [5, 5.41) is 4.91. The maximum absolute atomic E-state index is 12.1. The van der Waals surface area contributed by atoms with E-state index in [2.05, 4.69) is 5.32 Å². The van der Waals surface area contributed by atoms with Gasteiger partial charge in [0.15, 0.2) is 0 Å². The van der Waals surface area contributed by atoms with Gasteiger partial charge in [-0.15, -0.1) is 11.3 Å². The summed E-state index contributed by atoms with van der Waals surface area (Å²) in [6.07, 6.45) is 2.67. The second-order valence-corrected chi connectivity index (χ2v) is 4.84. The van der Waals surface area contributed by atoms with E-state index in [1.807, 2.05) is 60.8 Å². The van der Waals surface area contributed by atoms with Crippen molar-refractivity contribution in [2.24, 2.45) is 0 Å². The van der Waals surface area contributed by atoms with E-state index in [-0.39, 0.29) is 5.91 Å². The van der Waals surface area contributed by atoms with E-state index < -0.39 is 0 Å². The molecule has 1 aromatic carbocycles. The predicted molar refractivity (Wildman–Crippen MR) is 77.7 cm³/mol. The molecule has 2 aromatic rings. The summed E-state index contributed by atoms with van der Waals surface area (Å²) in [4.78, 5) is 13.2. The molecule has 1 amide bonds. The lowest BCUT2D eigenvalue weighted by molar-refractivity contribution is -0.112. The largest absolute Gasteiger partial charge is 0.322 e. The van der Waals surface area contributed by atoms with Gasteiger partial charge in [0.05, 0.1) is 0 Å². The van der Waals surface area contributed by atoms with Gasteiger partial charge in [-0.25, -0.2) is 0 Å². The van der Waals surface area contributed by atoms with Crippen molar-refractivity contribution in [2.75, 3.05) is 5.32 Å². The van der Waals surface area contributed by atoms with E-state index in [0.29, 0.717) is 0 Å². The molecule has 92 valence electrons. The molecule has 1 aromatic heterocycles. The minimum absolute atomic E-state index is 0.0305. The van der Waals surface area contributed by atoms with Gasteiger partial charge in [0.1, 0.15) is 0 Å². The zero-order valence-electron chi connectivity index (χ0n) is 10.2. The first-order valence-electron chi connectivity index (χ1n) is 5.90. The summed E-state index contributed by atoms with van der Waals surface area (Å²) in [6.45, 7) is 1.99. The van der Waals surface area contributed by atoms with Gasteiger partial charge < -0.3 is 5.32 Å². The number of thiophene rings is 1. The summed E-state index contributed by atoms with van der Waals surface area (Å²) in [5.41, 5.74) is 1.62. The van der Waals surface area contributed by atoms with Crippen LogP contribution < -0.4 is 5.32 Å². The Morgan fingerprint density at radius 1 is 1.22 bits per heavy atom. The highest BCUT2D eigenvalue weighted by Gasteiger charge is 2.07. The molecule has 0 bridgehead atoms. The molecular weight excluding hydrogens is 242 g/mol. The molecule has 0 aliphatic heterocycles. The Morgan fingerprint density at radius 2 is 2.00 bits per heavy atom. The number of benzene rings is 1. The number of amides is 1. The van der Waals surface area contributed by atoms with Gasteiger partial charge in [-0.1, -0.05) is 31.2 Å². The third-order valence-corrected chi connectivity index (χ3v) is 3.38. The van der Waals surface area contributed by atoms with Crippen LogP contribution in [0.2, 0.25) is 0 Å². The van der Waals surface area contributed by atoms with E-state index in [9.17, 15) is 4.79 Å². The monoisotopic (exact) mass is 257 g/mol. The summed E-state index contributed by atoms with van der Waals surface area (Å²) < 4.78 is 0. The van der Waals surface area contributed by atoms with Crippen LogP contribution in [-0.4, -0.2) is 5.91 Å². The van der Waals surface area contributed by atoms with Gasteiger partial charge in [0.25, 0.3) is 5.91 Å². The number of anilines is 1. The molecule has 0 saturated heterocycles. The second kappa shape index (κ2) is 6.17. The van der Waals surface area contributed by atoms with Crippen molar-refractivity contribution in [3.8, 4) is 0 Å². The van der Waals surface area contributed by atoms with E-state index in [4.69, 9.17) is 0 Å². The molecule has 2 rings (SSSR count). The van der Waals surface area contributed by atoms with E-state index in [0.717, 1.165) is 22.6 Å². The first-order valence-corrected chi connectivity index (χ1v) is 6.78. The van der Waals surface area contributed by atoms with Crippen molar-refractivity contribution in [3.05, 3.63) is 58.3 Å². The molecule has 0 fully saturated rings. The zero-order valence-corrected chi connectivity index (χ0v) is 11.0. The van der Waals surface area contributed by atoms with Crippen LogP contribution in [0.25, 0.3) is 6.08 Å². The van der Waals surface area contributed by atoms with Gasteiger partial charge in [0.2, 0.25) is 0 Å². The molecule has 0 unspecified atom stereocenters. The van der Waals surface area contributed by atoms with E-state index >= 15 is 0 Å². The van der Waals surface area contributed by atoms with Crippen LogP contribution in [0.4, 0.5) is 5.69 Å². The van der Waals surface area contributed by atoms with Gasteiger partial charge in [-0.3, -0.25) is 4.79 Å². The lowest BCUT2D eigenvalue weighted by Gasteiger charge is -2.06. The first kappa shape index (κ1) is 12.6. The number of rotatable bonds is 4. The Kier molecular flexibility index (Phi) is 4.31. The van der Waals surface area contributed by atoms with Crippen molar-refractivity contribution in [1.82, 2.24) is 0 Å². The van der Waals surface area contributed by atoms with Gasteiger partial charge in [0, 0.05) is 16.1 Å².